The molecule has 0 bridgehead atoms. The average molecular weight is 341 g/mol. The zero-order valence-electron chi connectivity index (χ0n) is 11.2. The first-order valence-corrected chi connectivity index (χ1v) is 7.29. The standard InChI is InChI=1S/C14H17BrN2O3/c1-9-7-10(4-5-11(9)15)16-13(18)8-17-6-2-3-12(17)14(19)20/h4-5,7,12H,2-3,6,8H2,1H3,(H,16,18)(H,19,20). The molecule has 1 atom stereocenters. The van der Waals surface area contributed by atoms with Crippen molar-refractivity contribution in [2.24, 2.45) is 0 Å². The molecule has 6 heteroatoms. The molecule has 1 aliphatic heterocycles. The smallest absolute Gasteiger partial charge is 0.320 e. The molecule has 108 valence electrons. The minimum absolute atomic E-state index is 0.117. The van der Waals surface area contributed by atoms with Crippen LogP contribution >= 0.6 is 15.9 Å². The van der Waals surface area contributed by atoms with Gasteiger partial charge in [-0.1, -0.05) is 15.9 Å². The van der Waals surface area contributed by atoms with E-state index in [0.29, 0.717) is 13.0 Å². The largest absolute Gasteiger partial charge is 0.480 e. The first kappa shape index (κ1) is 15.0. The van der Waals surface area contributed by atoms with Gasteiger partial charge in [-0.2, -0.15) is 0 Å². The highest BCUT2D eigenvalue weighted by molar-refractivity contribution is 9.10. The molecule has 1 aliphatic rings. The van der Waals surface area contributed by atoms with Crippen molar-refractivity contribution in [2.75, 3.05) is 18.4 Å². The number of amides is 1. The number of halogens is 1. The van der Waals surface area contributed by atoms with E-state index in [1.165, 1.54) is 0 Å². The summed E-state index contributed by atoms with van der Waals surface area (Å²) in [6, 6.07) is 5.03. The van der Waals surface area contributed by atoms with Crippen molar-refractivity contribution in [3.05, 3.63) is 28.2 Å². The van der Waals surface area contributed by atoms with Crippen LogP contribution in [0, 0.1) is 6.92 Å². The number of hydrogen-bond acceptors (Lipinski definition) is 3. The third-order valence-electron chi connectivity index (χ3n) is 3.44. The highest BCUT2D eigenvalue weighted by Gasteiger charge is 2.31. The molecule has 0 aliphatic carbocycles. The van der Waals surface area contributed by atoms with E-state index >= 15 is 0 Å². The molecule has 1 aromatic rings. The van der Waals surface area contributed by atoms with Gasteiger partial charge in [0.25, 0.3) is 0 Å². The summed E-state index contributed by atoms with van der Waals surface area (Å²) in [5.74, 6) is -1.03. The summed E-state index contributed by atoms with van der Waals surface area (Å²) in [4.78, 5) is 24.7. The molecule has 1 fully saturated rings. The van der Waals surface area contributed by atoms with Gasteiger partial charge in [0, 0.05) is 10.2 Å². The van der Waals surface area contributed by atoms with Gasteiger partial charge in [0.2, 0.25) is 5.91 Å². The first-order chi connectivity index (χ1) is 9.47. The van der Waals surface area contributed by atoms with Crippen LogP contribution in [0.4, 0.5) is 5.69 Å². The van der Waals surface area contributed by atoms with Crippen molar-refractivity contribution in [1.29, 1.82) is 0 Å². The molecule has 0 radical (unpaired) electrons. The van der Waals surface area contributed by atoms with Gasteiger partial charge in [-0.25, -0.2) is 0 Å². The molecule has 1 heterocycles. The van der Waals surface area contributed by atoms with E-state index in [2.05, 4.69) is 21.2 Å². The minimum atomic E-state index is -0.852. The second kappa shape index (κ2) is 6.37. The highest BCUT2D eigenvalue weighted by atomic mass is 79.9. The minimum Gasteiger partial charge on any atom is -0.480 e. The Balaban J connectivity index is 1.95. The van der Waals surface area contributed by atoms with Crippen LogP contribution in [0.3, 0.4) is 0 Å². The SMILES string of the molecule is Cc1cc(NC(=O)CN2CCCC2C(=O)O)ccc1Br. The summed E-state index contributed by atoms with van der Waals surface area (Å²) in [6.07, 6.45) is 1.43. The summed E-state index contributed by atoms with van der Waals surface area (Å²) in [5.41, 5.74) is 1.76. The number of aliphatic carboxylic acids is 1. The first-order valence-electron chi connectivity index (χ1n) is 6.50. The lowest BCUT2D eigenvalue weighted by molar-refractivity contribution is -0.142. The van der Waals surface area contributed by atoms with E-state index < -0.39 is 12.0 Å². The third-order valence-corrected chi connectivity index (χ3v) is 4.33. The Hall–Kier alpha value is -1.40. The summed E-state index contributed by atoms with van der Waals surface area (Å²) >= 11 is 3.40. The Bertz CT molecular complexity index is 533. The van der Waals surface area contributed by atoms with Crippen molar-refractivity contribution in [3.8, 4) is 0 Å². The molecule has 0 spiro atoms. The molecular weight excluding hydrogens is 324 g/mol. The Kier molecular flexibility index (Phi) is 4.77. The molecule has 5 nitrogen and oxygen atoms in total. The molecule has 2 rings (SSSR count). The van der Waals surface area contributed by atoms with E-state index in [-0.39, 0.29) is 12.5 Å². The number of carboxylic acid groups (broad SMARTS) is 1. The molecule has 1 amide bonds. The van der Waals surface area contributed by atoms with Crippen LogP contribution < -0.4 is 5.32 Å². The normalized spacial score (nSPS) is 19.0. The maximum absolute atomic E-state index is 12.0. The summed E-state index contributed by atoms with van der Waals surface area (Å²) in [7, 11) is 0. The number of nitrogens with zero attached hydrogens (tertiary/aromatic N) is 1. The average Bonchev–Trinajstić information content (AvgIpc) is 2.82. The van der Waals surface area contributed by atoms with E-state index in [0.717, 1.165) is 22.1 Å². The Morgan fingerprint density at radius 3 is 2.90 bits per heavy atom. The quantitative estimate of drug-likeness (QED) is 0.881. The molecule has 2 N–H and O–H groups in total. The van der Waals surface area contributed by atoms with Crippen LogP contribution in [0.25, 0.3) is 0 Å². The van der Waals surface area contributed by atoms with Crippen molar-refractivity contribution >= 4 is 33.5 Å². The van der Waals surface area contributed by atoms with Crippen LogP contribution in [0.5, 0.6) is 0 Å². The fourth-order valence-corrected chi connectivity index (χ4v) is 2.65. The van der Waals surface area contributed by atoms with E-state index in [1.54, 1.807) is 4.90 Å². The van der Waals surface area contributed by atoms with E-state index in [9.17, 15) is 9.59 Å². The number of hydrogen-bond donors (Lipinski definition) is 2. The lowest BCUT2D eigenvalue weighted by Crippen LogP contribution is -2.40. The van der Waals surface area contributed by atoms with Crippen LogP contribution in [0.15, 0.2) is 22.7 Å². The Labute approximate surface area is 126 Å². The van der Waals surface area contributed by atoms with Crippen LogP contribution in [0.1, 0.15) is 18.4 Å². The molecule has 1 saturated heterocycles. The van der Waals surface area contributed by atoms with Crippen molar-refractivity contribution in [2.45, 2.75) is 25.8 Å². The number of rotatable bonds is 4. The van der Waals surface area contributed by atoms with E-state index in [1.807, 2.05) is 25.1 Å². The lowest BCUT2D eigenvalue weighted by Gasteiger charge is -2.20. The molecular formula is C14H17BrN2O3. The number of likely N-dealkylation sites (tertiary alicyclic amines) is 1. The predicted octanol–water partition coefficient (Wildman–Crippen LogP) is 2.25. The van der Waals surface area contributed by atoms with Crippen molar-refractivity contribution in [3.63, 3.8) is 0 Å². The lowest BCUT2D eigenvalue weighted by atomic mass is 10.2. The predicted molar refractivity (Wildman–Crippen MR) is 79.7 cm³/mol. The van der Waals surface area contributed by atoms with Gasteiger partial charge >= 0.3 is 5.97 Å². The monoisotopic (exact) mass is 340 g/mol. The fraction of sp³-hybridized carbons (Fsp3) is 0.429. The molecule has 20 heavy (non-hydrogen) atoms. The van der Waals surface area contributed by atoms with Crippen molar-refractivity contribution in [1.82, 2.24) is 4.90 Å². The van der Waals surface area contributed by atoms with E-state index in [4.69, 9.17) is 5.11 Å². The summed E-state index contributed by atoms with van der Waals surface area (Å²) < 4.78 is 0.987. The topological polar surface area (TPSA) is 69.6 Å². The van der Waals surface area contributed by atoms with Gasteiger partial charge < -0.3 is 10.4 Å². The Morgan fingerprint density at radius 1 is 1.50 bits per heavy atom. The number of carbonyl (C=O) groups is 2. The maximum atomic E-state index is 12.0. The van der Waals surface area contributed by atoms with Gasteiger partial charge in [0.15, 0.2) is 0 Å². The van der Waals surface area contributed by atoms with Crippen molar-refractivity contribution < 1.29 is 14.7 Å². The van der Waals surface area contributed by atoms with Crippen LogP contribution in [-0.4, -0.2) is 41.0 Å². The number of carboxylic acids is 1. The number of carbonyl (C=O) groups excluding carboxylic acids is 1. The molecule has 1 unspecified atom stereocenters. The number of anilines is 1. The second-order valence-electron chi connectivity index (χ2n) is 4.98. The second-order valence-corrected chi connectivity index (χ2v) is 5.83. The summed E-state index contributed by atoms with van der Waals surface area (Å²) in [5, 5.41) is 11.9. The maximum Gasteiger partial charge on any atom is 0.320 e. The number of benzene rings is 1. The number of nitrogens with one attached hydrogen (secondary N) is 1. The van der Waals surface area contributed by atoms with Crippen LogP contribution in [-0.2, 0) is 9.59 Å². The zero-order valence-corrected chi connectivity index (χ0v) is 12.8. The van der Waals surface area contributed by atoms with Crippen LogP contribution in [0.2, 0.25) is 0 Å². The zero-order chi connectivity index (χ0) is 14.7. The van der Waals surface area contributed by atoms with Gasteiger partial charge in [-0.05, 0) is 50.1 Å². The fourth-order valence-electron chi connectivity index (χ4n) is 2.40. The van der Waals surface area contributed by atoms with Gasteiger partial charge in [-0.3, -0.25) is 14.5 Å². The third kappa shape index (κ3) is 3.58. The highest BCUT2D eigenvalue weighted by Crippen LogP contribution is 2.21. The molecule has 1 aromatic carbocycles. The van der Waals surface area contributed by atoms with Gasteiger partial charge in [-0.15, -0.1) is 0 Å². The summed E-state index contributed by atoms with van der Waals surface area (Å²) in [6.45, 7) is 2.72. The van der Waals surface area contributed by atoms with Gasteiger partial charge in [0.1, 0.15) is 6.04 Å². The number of aryl methyl sites for hydroxylation is 1. The Morgan fingerprint density at radius 2 is 2.25 bits per heavy atom. The molecule has 0 aromatic heterocycles. The molecule has 0 saturated carbocycles. The van der Waals surface area contributed by atoms with Gasteiger partial charge in [0.05, 0.1) is 6.54 Å².